The summed E-state index contributed by atoms with van der Waals surface area (Å²) in [6, 6.07) is 7.87. The molecule has 1 rings (SSSR count). The molecule has 0 aliphatic carbocycles. The van der Waals surface area contributed by atoms with Crippen LogP contribution in [0.15, 0.2) is 28.7 Å². The van der Waals surface area contributed by atoms with E-state index in [4.69, 9.17) is 5.73 Å². The Morgan fingerprint density at radius 1 is 1.57 bits per heavy atom. The molecule has 0 saturated carbocycles. The molecule has 1 aromatic rings. The van der Waals surface area contributed by atoms with Crippen molar-refractivity contribution in [3.63, 3.8) is 0 Å². The molecule has 1 aromatic carbocycles. The third-order valence-electron chi connectivity index (χ3n) is 1.67. The van der Waals surface area contributed by atoms with Crippen LogP contribution in [-0.2, 0) is 16.6 Å². The minimum Gasteiger partial charge on any atom is -0.327 e. The van der Waals surface area contributed by atoms with Crippen molar-refractivity contribution in [1.29, 1.82) is 0 Å². The SMILES string of the molecule is CC(N)CS(=O)Cc1cccc(Br)c1. The van der Waals surface area contributed by atoms with Gasteiger partial charge in [0.25, 0.3) is 0 Å². The zero-order valence-electron chi connectivity index (χ0n) is 8.07. The maximum absolute atomic E-state index is 11.5. The van der Waals surface area contributed by atoms with Gasteiger partial charge in [-0.2, -0.15) is 0 Å². The summed E-state index contributed by atoms with van der Waals surface area (Å²) >= 11 is 3.38. The van der Waals surface area contributed by atoms with E-state index in [1.54, 1.807) is 0 Å². The molecular formula is C10H14BrNOS. The number of rotatable bonds is 4. The van der Waals surface area contributed by atoms with E-state index in [0.717, 1.165) is 10.0 Å². The van der Waals surface area contributed by atoms with Crippen molar-refractivity contribution >= 4 is 26.7 Å². The summed E-state index contributed by atoms with van der Waals surface area (Å²) in [6.07, 6.45) is 0. The van der Waals surface area contributed by atoms with Crippen LogP contribution in [0.5, 0.6) is 0 Å². The summed E-state index contributed by atoms with van der Waals surface area (Å²) in [6.45, 7) is 1.87. The molecule has 0 spiro atoms. The van der Waals surface area contributed by atoms with E-state index in [2.05, 4.69) is 15.9 Å². The van der Waals surface area contributed by atoms with Gasteiger partial charge in [-0.05, 0) is 24.6 Å². The van der Waals surface area contributed by atoms with E-state index >= 15 is 0 Å². The van der Waals surface area contributed by atoms with Gasteiger partial charge >= 0.3 is 0 Å². The summed E-state index contributed by atoms with van der Waals surface area (Å²) in [5, 5.41) is 0. The van der Waals surface area contributed by atoms with Gasteiger partial charge in [0.1, 0.15) is 0 Å². The third-order valence-corrected chi connectivity index (χ3v) is 3.71. The Morgan fingerprint density at radius 3 is 2.86 bits per heavy atom. The van der Waals surface area contributed by atoms with Gasteiger partial charge in [0.05, 0.1) is 0 Å². The summed E-state index contributed by atoms with van der Waals surface area (Å²) in [5.74, 6) is 1.15. The highest BCUT2D eigenvalue weighted by atomic mass is 79.9. The summed E-state index contributed by atoms with van der Waals surface area (Å²) in [5.41, 5.74) is 6.66. The predicted molar refractivity (Wildman–Crippen MR) is 64.5 cm³/mol. The second-order valence-electron chi connectivity index (χ2n) is 3.36. The Labute approximate surface area is 95.5 Å². The van der Waals surface area contributed by atoms with Crippen molar-refractivity contribution < 1.29 is 4.21 Å². The fraction of sp³-hybridized carbons (Fsp3) is 0.400. The zero-order chi connectivity index (χ0) is 10.6. The maximum atomic E-state index is 11.5. The van der Waals surface area contributed by atoms with Crippen LogP contribution in [0.2, 0.25) is 0 Å². The third kappa shape index (κ3) is 4.35. The zero-order valence-corrected chi connectivity index (χ0v) is 10.5. The van der Waals surface area contributed by atoms with Crippen LogP contribution < -0.4 is 5.73 Å². The van der Waals surface area contributed by atoms with Crippen LogP contribution in [0, 0.1) is 0 Å². The second kappa shape index (κ2) is 5.63. The van der Waals surface area contributed by atoms with Crippen molar-refractivity contribution in [2.24, 2.45) is 5.73 Å². The second-order valence-corrected chi connectivity index (χ2v) is 5.78. The Balaban J connectivity index is 2.56. The molecule has 0 fully saturated rings. The molecule has 0 aliphatic rings. The van der Waals surface area contributed by atoms with Gasteiger partial charge in [0.15, 0.2) is 0 Å². The average molecular weight is 276 g/mol. The Morgan fingerprint density at radius 2 is 2.29 bits per heavy atom. The molecule has 2 unspecified atom stereocenters. The Bertz CT molecular complexity index is 328. The minimum absolute atomic E-state index is 0.00277. The van der Waals surface area contributed by atoms with E-state index in [1.807, 2.05) is 31.2 Å². The fourth-order valence-corrected chi connectivity index (χ4v) is 2.87. The first-order valence-corrected chi connectivity index (χ1v) is 6.71. The van der Waals surface area contributed by atoms with Crippen molar-refractivity contribution in [1.82, 2.24) is 0 Å². The number of nitrogens with two attached hydrogens (primary N) is 1. The van der Waals surface area contributed by atoms with E-state index in [9.17, 15) is 4.21 Å². The molecule has 0 heterocycles. The summed E-state index contributed by atoms with van der Waals surface area (Å²) < 4.78 is 12.6. The Hall–Kier alpha value is -0.190. The van der Waals surface area contributed by atoms with E-state index in [1.165, 1.54) is 0 Å². The monoisotopic (exact) mass is 275 g/mol. The molecule has 2 atom stereocenters. The average Bonchev–Trinajstić information content (AvgIpc) is 2.01. The highest BCUT2D eigenvalue weighted by Gasteiger charge is 2.04. The predicted octanol–water partition coefficient (Wildman–Crippen LogP) is 2.04. The molecule has 4 heteroatoms. The highest BCUT2D eigenvalue weighted by molar-refractivity contribution is 9.10. The van der Waals surface area contributed by atoms with Crippen LogP contribution >= 0.6 is 15.9 Å². The molecule has 78 valence electrons. The number of hydrogen-bond acceptors (Lipinski definition) is 2. The van der Waals surface area contributed by atoms with Crippen LogP contribution in [-0.4, -0.2) is 16.0 Å². The molecule has 0 aliphatic heterocycles. The number of benzene rings is 1. The quantitative estimate of drug-likeness (QED) is 0.914. The van der Waals surface area contributed by atoms with E-state index in [-0.39, 0.29) is 6.04 Å². The molecule has 0 bridgehead atoms. The molecule has 0 amide bonds. The van der Waals surface area contributed by atoms with Crippen LogP contribution in [0.4, 0.5) is 0 Å². The van der Waals surface area contributed by atoms with Crippen LogP contribution in [0.1, 0.15) is 12.5 Å². The van der Waals surface area contributed by atoms with Crippen molar-refractivity contribution in [3.8, 4) is 0 Å². The maximum Gasteiger partial charge on any atom is 0.0486 e. The van der Waals surface area contributed by atoms with Crippen molar-refractivity contribution in [2.75, 3.05) is 5.75 Å². The van der Waals surface area contributed by atoms with Gasteiger partial charge in [0.2, 0.25) is 0 Å². The molecule has 0 radical (unpaired) electrons. The van der Waals surface area contributed by atoms with Gasteiger partial charge in [-0.3, -0.25) is 4.21 Å². The first-order valence-electron chi connectivity index (χ1n) is 4.43. The Kier molecular flexibility index (Phi) is 4.78. The number of halogens is 1. The van der Waals surface area contributed by atoms with Crippen molar-refractivity contribution in [2.45, 2.75) is 18.7 Å². The van der Waals surface area contributed by atoms with E-state index < -0.39 is 10.8 Å². The standard InChI is InChI=1S/C10H14BrNOS/c1-8(12)6-14(13)7-9-3-2-4-10(11)5-9/h2-5,8H,6-7,12H2,1H3. The topological polar surface area (TPSA) is 43.1 Å². The lowest BCUT2D eigenvalue weighted by Gasteiger charge is -2.05. The first-order chi connectivity index (χ1) is 6.58. The van der Waals surface area contributed by atoms with E-state index in [0.29, 0.717) is 11.5 Å². The lowest BCUT2D eigenvalue weighted by molar-refractivity contribution is 0.676. The van der Waals surface area contributed by atoms with Crippen molar-refractivity contribution in [3.05, 3.63) is 34.3 Å². The normalized spacial score (nSPS) is 15.1. The van der Waals surface area contributed by atoms with Gasteiger partial charge in [-0.1, -0.05) is 28.1 Å². The lowest BCUT2D eigenvalue weighted by Crippen LogP contribution is -2.23. The van der Waals surface area contributed by atoms with Crippen LogP contribution in [0.3, 0.4) is 0 Å². The largest absolute Gasteiger partial charge is 0.327 e. The summed E-state index contributed by atoms with van der Waals surface area (Å²) in [7, 11) is -0.855. The first kappa shape index (κ1) is 11.9. The fourth-order valence-electron chi connectivity index (χ4n) is 1.16. The van der Waals surface area contributed by atoms with Crippen LogP contribution in [0.25, 0.3) is 0 Å². The molecule has 0 saturated heterocycles. The molecule has 14 heavy (non-hydrogen) atoms. The molecule has 0 aromatic heterocycles. The molecular weight excluding hydrogens is 262 g/mol. The van der Waals surface area contributed by atoms with Gasteiger partial charge in [-0.25, -0.2) is 0 Å². The van der Waals surface area contributed by atoms with Gasteiger partial charge in [-0.15, -0.1) is 0 Å². The molecule has 2 nitrogen and oxygen atoms in total. The van der Waals surface area contributed by atoms with Gasteiger partial charge in [0, 0.05) is 32.8 Å². The summed E-state index contributed by atoms with van der Waals surface area (Å²) in [4.78, 5) is 0. The lowest BCUT2D eigenvalue weighted by atomic mass is 10.2. The smallest absolute Gasteiger partial charge is 0.0486 e. The highest BCUT2D eigenvalue weighted by Crippen LogP contribution is 2.13. The molecule has 2 N–H and O–H groups in total. The van der Waals surface area contributed by atoms with Gasteiger partial charge < -0.3 is 5.73 Å². The minimum atomic E-state index is -0.855. The number of hydrogen-bond donors (Lipinski definition) is 1.